The van der Waals surface area contributed by atoms with Crippen molar-refractivity contribution in [1.29, 1.82) is 0 Å². The summed E-state index contributed by atoms with van der Waals surface area (Å²) in [5.74, 6) is -0.732. The number of hydrogen-bond donors (Lipinski definition) is 0. The fourth-order valence-corrected chi connectivity index (χ4v) is 3.41. The van der Waals surface area contributed by atoms with Gasteiger partial charge in [0.15, 0.2) is 6.29 Å². The molecule has 0 fully saturated rings. The van der Waals surface area contributed by atoms with Crippen molar-refractivity contribution in [2.75, 3.05) is 7.11 Å². The molecule has 0 aliphatic heterocycles. The summed E-state index contributed by atoms with van der Waals surface area (Å²) in [5.41, 5.74) is -1.15. The van der Waals surface area contributed by atoms with E-state index in [0.29, 0.717) is 18.0 Å². The zero-order chi connectivity index (χ0) is 17.9. The Bertz CT molecular complexity index is 796. The maximum absolute atomic E-state index is 13.3. The molecule has 1 aromatic carbocycles. The lowest BCUT2D eigenvalue weighted by atomic mass is 10.1. The van der Waals surface area contributed by atoms with Crippen LogP contribution < -0.4 is 0 Å². The fourth-order valence-electron chi connectivity index (χ4n) is 1.86. The Balaban J connectivity index is 2.62. The van der Waals surface area contributed by atoms with Crippen LogP contribution in [0.2, 0.25) is 0 Å². The number of carbonyl (C=O) groups is 2. The van der Waals surface area contributed by atoms with Crippen molar-refractivity contribution in [3.05, 3.63) is 51.6 Å². The number of ether oxygens (including phenoxy) is 1. The first-order valence-electron chi connectivity index (χ1n) is 6.35. The van der Waals surface area contributed by atoms with Crippen LogP contribution in [0.3, 0.4) is 0 Å². The fraction of sp³-hybridized carbons (Fsp3) is 0.133. The zero-order valence-corrected chi connectivity index (χ0v) is 14.5. The van der Waals surface area contributed by atoms with Crippen molar-refractivity contribution in [1.82, 2.24) is 4.98 Å². The highest BCUT2D eigenvalue weighted by Gasteiger charge is 2.35. The molecule has 126 valence electrons. The van der Waals surface area contributed by atoms with Crippen molar-refractivity contribution in [2.24, 2.45) is 0 Å². The number of aromatic nitrogens is 1. The third-order valence-electron chi connectivity index (χ3n) is 2.89. The Kier molecular flexibility index (Phi) is 5.66. The second-order valence-corrected chi connectivity index (χ2v) is 6.35. The van der Waals surface area contributed by atoms with Crippen LogP contribution in [0.4, 0.5) is 13.2 Å². The highest BCUT2D eigenvalue weighted by molar-refractivity contribution is 9.10. The molecule has 2 rings (SSSR count). The molecule has 0 saturated carbocycles. The number of pyridine rings is 1. The molecule has 0 aliphatic carbocycles. The van der Waals surface area contributed by atoms with Gasteiger partial charge in [0.05, 0.1) is 18.2 Å². The molecule has 24 heavy (non-hydrogen) atoms. The molecular weight excluding hydrogens is 411 g/mol. The minimum atomic E-state index is -4.68. The number of methoxy groups -OCH3 is 1. The highest BCUT2D eigenvalue weighted by Crippen LogP contribution is 2.42. The van der Waals surface area contributed by atoms with Gasteiger partial charge in [0.25, 0.3) is 0 Å². The lowest BCUT2D eigenvalue weighted by molar-refractivity contribution is -0.139. The Labute approximate surface area is 147 Å². The van der Waals surface area contributed by atoms with Gasteiger partial charge in [-0.15, -0.1) is 0 Å². The molecule has 4 nitrogen and oxygen atoms in total. The molecule has 0 unspecified atom stereocenters. The maximum Gasteiger partial charge on any atom is 0.417 e. The predicted octanol–water partition coefficient (Wildman–Crippen LogP) is 4.61. The van der Waals surface area contributed by atoms with Gasteiger partial charge in [-0.05, 0) is 24.3 Å². The number of carbonyl (C=O) groups excluding carboxylic acids is 2. The van der Waals surface area contributed by atoms with E-state index in [1.807, 2.05) is 0 Å². The summed E-state index contributed by atoms with van der Waals surface area (Å²) in [6.07, 6.45) is -3.02. The molecule has 0 radical (unpaired) electrons. The average molecular weight is 420 g/mol. The molecule has 1 aromatic heterocycles. The van der Waals surface area contributed by atoms with Gasteiger partial charge in [0, 0.05) is 21.1 Å². The number of halogens is 4. The molecule has 9 heteroatoms. The molecule has 1 heterocycles. The molecule has 0 aliphatic rings. The number of aldehydes is 1. The summed E-state index contributed by atoms with van der Waals surface area (Å²) in [4.78, 5) is 26.6. The van der Waals surface area contributed by atoms with E-state index >= 15 is 0 Å². The van der Waals surface area contributed by atoms with Crippen LogP contribution in [0.5, 0.6) is 0 Å². The molecule has 0 spiro atoms. The van der Waals surface area contributed by atoms with Crippen LogP contribution >= 0.6 is 27.7 Å². The van der Waals surface area contributed by atoms with E-state index in [4.69, 9.17) is 0 Å². The van der Waals surface area contributed by atoms with Gasteiger partial charge >= 0.3 is 12.1 Å². The first kappa shape index (κ1) is 18.5. The van der Waals surface area contributed by atoms with Crippen LogP contribution in [0.15, 0.2) is 44.9 Å². The number of alkyl halides is 3. The smallest absolute Gasteiger partial charge is 0.417 e. The van der Waals surface area contributed by atoms with E-state index in [1.165, 1.54) is 24.4 Å². The number of benzene rings is 1. The van der Waals surface area contributed by atoms with Gasteiger partial charge in [-0.1, -0.05) is 27.7 Å². The molecule has 0 saturated heterocycles. The van der Waals surface area contributed by atoms with Crippen LogP contribution in [0.1, 0.15) is 26.3 Å². The van der Waals surface area contributed by atoms with E-state index in [1.54, 1.807) is 0 Å². The Morgan fingerprint density at radius 1 is 1.38 bits per heavy atom. The summed E-state index contributed by atoms with van der Waals surface area (Å²) in [5, 5.41) is 0.0141. The van der Waals surface area contributed by atoms with Gasteiger partial charge in [0.1, 0.15) is 5.03 Å². The van der Waals surface area contributed by atoms with Crippen LogP contribution in [0.25, 0.3) is 0 Å². The van der Waals surface area contributed by atoms with Crippen molar-refractivity contribution in [3.63, 3.8) is 0 Å². The molecule has 0 bridgehead atoms. The van der Waals surface area contributed by atoms with E-state index in [-0.39, 0.29) is 25.5 Å². The van der Waals surface area contributed by atoms with E-state index < -0.39 is 17.7 Å². The number of rotatable bonds is 4. The minimum absolute atomic E-state index is 0.0119. The quantitative estimate of drug-likeness (QED) is 0.534. The molecule has 0 N–H and O–H groups in total. The average Bonchev–Trinajstić information content (AvgIpc) is 2.54. The molecule has 0 amide bonds. The summed E-state index contributed by atoms with van der Waals surface area (Å²) in [7, 11) is 1.15. The van der Waals surface area contributed by atoms with Gasteiger partial charge in [0.2, 0.25) is 0 Å². The topological polar surface area (TPSA) is 56.3 Å². The number of esters is 1. The minimum Gasteiger partial charge on any atom is -0.465 e. The third-order valence-corrected chi connectivity index (χ3v) is 4.53. The summed E-state index contributed by atoms with van der Waals surface area (Å²) in [6.45, 7) is 0. The summed E-state index contributed by atoms with van der Waals surface area (Å²) >= 11 is 3.54. The second kappa shape index (κ2) is 7.35. The standard InChI is InChI=1S/C15H9BrF3NO3S/c1-23-14(22)10-3-2-4-20-13(10)24-12-8(7-21)5-9(16)6-11(12)15(17,18)19/h2-7H,1H3. The Morgan fingerprint density at radius 3 is 2.67 bits per heavy atom. The Morgan fingerprint density at radius 2 is 2.08 bits per heavy atom. The molecular formula is C15H9BrF3NO3S. The third kappa shape index (κ3) is 3.96. The van der Waals surface area contributed by atoms with Crippen molar-refractivity contribution < 1.29 is 27.5 Å². The largest absolute Gasteiger partial charge is 0.465 e. The van der Waals surface area contributed by atoms with Crippen molar-refractivity contribution in [3.8, 4) is 0 Å². The van der Waals surface area contributed by atoms with Crippen molar-refractivity contribution >= 4 is 39.9 Å². The van der Waals surface area contributed by atoms with E-state index in [2.05, 4.69) is 25.7 Å². The highest BCUT2D eigenvalue weighted by atomic mass is 79.9. The van der Waals surface area contributed by atoms with E-state index in [0.717, 1.165) is 13.2 Å². The molecule has 0 atom stereocenters. The lowest BCUT2D eigenvalue weighted by Crippen LogP contribution is -2.10. The van der Waals surface area contributed by atoms with Crippen LogP contribution in [0, 0.1) is 0 Å². The first-order chi connectivity index (χ1) is 11.3. The van der Waals surface area contributed by atoms with Gasteiger partial charge in [-0.3, -0.25) is 4.79 Å². The lowest BCUT2D eigenvalue weighted by Gasteiger charge is -2.15. The number of hydrogen-bond acceptors (Lipinski definition) is 5. The maximum atomic E-state index is 13.3. The summed E-state index contributed by atoms with van der Waals surface area (Å²) in [6, 6.07) is 4.98. The second-order valence-electron chi connectivity index (χ2n) is 4.44. The first-order valence-corrected chi connectivity index (χ1v) is 7.96. The van der Waals surface area contributed by atoms with Crippen LogP contribution in [-0.4, -0.2) is 24.3 Å². The van der Waals surface area contributed by atoms with Gasteiger partial charge in [-0.2, -0.15) is 13.2 Å². The Hall–Kier alpha value is -1.87. The summed E-state index contributed by atoms with van der Waals surface area (Å²) < 4.78 is 44.6. The predicted molar refractivity (Wildman–Crippen MR) is 84.2 cm³/mol. The zero-order valence-electron chi connectivity index (χ0n) is 12.1. The van der Waals surface area contributed by atoms with Gasteiger partial charge < -0.3 is 4.74 Å². The monoisotopic (exact) mass is 419 g/mol. The molecule has 2 aromatic rings. The normalized spacial score (nSPS) is 11.2. The van der Waals surface area contributed by atoms with Crippen molar-refractivity contribution in [2.45, 2.75) is 16.1 Å². The van der Waals surface area contributed by atoms with E-state index in [9.17, 15) is 22.8 Å². The van der Waals surface area contributed by atoms with Gasteiger partial charge in [-0.25, -0.2) is 9.78 Å². The van der Waals surface area contributed by atoms with Crippen LogP contribution in [-0.2, 0) is 10.9 Å². The number of nitrogens with zero attached hydrogens (tertiary/aromatic N) is 1. The SMILES string of the molecule is COC(=O)c1cccnc1Sc1c(C=O)cc(Br)cc1C(F)(F)F.